The Bertz CT molecular complexity index is 603. The average Bonchev–Trinajstić information content (AvgIpc) is 2.86. The zero-order chi connectivity index (χ0) is 15.9. The van der Waals surface area contributed by atoms with Gasteiger partial charge in [0.25, 0.3) is 5.82 Å². The Morgan fingerprint density at radius 3 is 2.78 bits per heavy atom. The maximum atomic E-state index is 3.46. The van der Waals surface area contributed by atoms with Crippen LogP contribution in [0.2, 0.25) is 0 Å². The Hall–Kier alpha value is -1.52. The molecule has 0 spiro atoms. The third-order valence-electron chi connectivity index (χ3n) is 4.48. The van der Waals surface area contributed by atoms with E-state index in [1.807, 2.05) is 0 Å². The molecule has 23 heavy (non-hydrogen) atoms. The number of nitrogens with zero attached hydrogens (tertiary/aromatic N) is 1. The molecular weight excluding hydrogens is 302 g/mol. The normalized spacial score (nSPS) is 19.3. The van der Waals surface area contributed by atoms with Crippen LogP contribution in [0.25, 0.3) is 0 Å². The van der Waals surface area contributed by atoms with Crippen LogP contribution in [0.4, 0.5) is 5.82 Å². The Labute approximate surface area is 143 Å². The summed E-state index contributed by atoms with van der Waals surface area (Å²) in [5, 5.41) is 0. The van der Waals surface area contributed by atoms with Gasteiger partial charge in [0.1, 0.15) is 17.8 Å². The highest BCUT2D eigenvalue weighted by atomic mass is 32.2. The minimum Gasteiger partial charge on any atom is -0.244 e. The van der Waals surface area contributed by atoms with Gasteiger partial charge < -0.3 is 0 Å². The average molecular weight is 329 g/mol. The van der Waals surface area contributed by atoms with E-state index < -0.39 is 0 Å². The highest BCUT2D eigenvalue weighted by molar-refractivity contribution is 7.98. The Morgan fingerprint density at radius 2 is 1.96 bits per heavy atom. The lowest BCUT2D eigenvalue weighted by molar-refractivity contribution is -0.372. The molecule has 0 amide bonds. The lowest BCUT2D eigenvalue weighted by Gasteiger charge is -2.16. The first-order valence-electron chi connectivity index (χ1n) is 8.59. The number of aromatic nitrogens is 1. The van der Waals surface area contributed by atoms with E-state index in [4.69, 9.17) is 0 Å². The van der Waals surface area contributed by atoms with Crippen LogP contribution in [0, 0.1) is 0 Å². The summed E-state index contributed by atoms with van der Waals surface area (Å²) >= 11 is 1.73. The van der Waals surface area contributed by atoms with Gasteiger partial charge in [-0.3, -0.25) is 0 Å². The van der Waals surface area contributed by atoms with Crippen LogP contribution in [0.1, 0.15) is 43.4 Å². The molecule has 1 aliphatic rings. The predicted octanol–water partition coefficient (Wildman–Crippen LogP) is 4.31. The molecule has 3 rings (SSSR count). The summed E-state index contributed by atoms with van der Waals surface area (Å²) < 4.78 is 5.91. The van der Waals surface area contributed by atoms with Crippen LogP contribution in [-0.4, -0.2) is 17.4 Å². The molecule has 0 saturated carbocycles. The first-order valence-corrected chi connectivity index (χ1v) is 9.36. The third kappa shape index (κ3) is 4.72. The van der Waals surface area contributed by atoms with Crippen LogP contribution in [0.5, 0.6) is 0 Å². The second-order valence-electron chi connectivity index (χ2n) is 6.10. The summed E-state index contributed by atoms with van der Waals surface area (Å²) in [4.78, 5) is 3.43. The number of rotatable bonds is 5. The number of benzene rings is 1. The van der Waals surface area contributed by atoms with Crippen molar-refractivity contribution < 1.29 is 4.98 Å². The zero-order valence-corrected chi connectivity index (χ0v) is 14.6. The van der Waals surface area contributed by atoms with Crippen LogP contribution in [0.15, 0.2) is 48.5 Å². The van der Waals surface area contributed by atoms with Crippen molar-refractivity contribution in [2.75, 3.05) is 17.8 Å². The number of aryl methyl sites for hydroxylation is 1. The number of aromatic amines is 1. The molecule has 2 aromatic rings. The maximum Gasteiger partial charge on any atom is 0.284 e. The molecule has 1 aromatic carbocycles. The fourth-order valence-electron chi connectivity index (χ4n) is 3.12. The Morgan fingerprint density at radius 1 is 1.09 bits per heavy atom. The molecule has 122 valence electrons. The molecule has 0 aliphatic carbocycles. The van der Waals surface area contributed by atoms with Crippen molar-refractivity contribution in [2.24, 2.45) is 0 Å². The van der Waals surface area contributed by atoms with Crippen LogP contribution < -0.4 is 9.71 Å². The zero-order valence-electron chi connectivity index (χ0n) is 13.8. The van der Waals surface area contributed by atoms with E-state index in [1.165, 1.54) is 30.5 Å². The molecule has 2 N–H and O–H groups in total. The number of hydrogen-bond donors (Lipinski definition) is 1. The van der Waals surface area contributed by atoms with Crippen molar-refractivity contribution in [3.05, 3.63) is 59.8 Å². The minimum atomic E-state index is 0.705. The number of nitrogens with one attached hydrogen (secondary N) is 2. The molecule has 4 heteroatoms. The molecule has 3 nitrogen and oxygen atoms in total. The fraction of sp³-hybridized carbons (Fsp3) is 0.421. The van der Waals surface area contributed by atoms with E-state index in [1.54, 1.807) is 12.1 Å². The molecule has 0 bridgehead atoms. The summed E-state index contributed by atoms with van der Waals surface area (Å²) in [5.41, 5.74) is 2.76. The van der Waals surface area contributed by atoms with Gasteiger partial charge in [-0.25, -0.2) is 9.29 Å². The van der Waals surface area contributed by atoms with Gasteiger partial charge in [-0.05, 0) is 36.8 Å². The molecule has 1 atom stereocenters. The van der Waals surface area contributed by atoms with Crippen molar-refractivity contribution in [1.29, 1.82) is 0 Å². The topological polar surface area (TPSA) is 29.4 Å². The summed E-state index contributed by atoms with van der Waals surface area (Å²) in [7, 11) is 0. The van der Waals surface area contributed by atoms with Gasteiger partial charge >= 0.3 is 0 Å². The summed E-state index contributed by atoms with van der Waals surface area (Å²) in [5.74, 6) is 1.79. The molecule has 1 aromatic heterocycles. The maximum absolute atomic E-state index is 3.46. The molecule has 1 aliphatic heterocycles. The molecule has 1 fully saturated rings. The van der Waals surface area contributed by atoms with Crippen LogP contribution >= 0.6 is 12.1 Å². The van der Waals surface area contributed by atoms with Gasteiger partial charge in [0.05, 0.1) is 0 Å². The smallest absolute Gasteiger partial charge is 0.244 e. The molecule has 1 saturated heterocycles. The number of H-pyrrole nitrogens is 1. The van der Waals surface area contributed by atoms with Crippen molar-refractivity contribution in [3.63, 3.8) is 0 Å². The van der Waals surface area contributed by atoms with Gasteiger partial charge in [-0.15, -0.1) is 0 Å². The van der Waals surface area contributed by atoms with Gasteiger partial charge in [-0.2, -0.15) is 4.72 Å². The van der Waals surface area contributed by atoms with Crippen molar-refractivity contribution in [3.8, 4) is 0 Å². The van der Waals surface area contributed by atoms with E-state index in [9.17, 15) is 0 Å². The van der Waals surface area contributed by atoms with E-state index in [0.29, 0.717) is 5.92 Å². The Balaban J connectivity index is 1.52. The lowest BCUT2D eigenvalue weighted by Crippen LogP contribution is -2.21. The fourth-order valence-corrected chi connectivity index (χ4v) is 3.88. The highest BCUT2D eigenvalue weighted by Gasteiger charge is 2.20. The van der Waals surface area contributed by atoms with Crippen LogP contribution in [0.3, 0.4) is 0 Å². The summed E-state index contributed by atoms with van der Waals surface area (Å²) in [6.07, 6.45) is 4.81. The van der Waals surface area contributed by atoms with Gasteiger partial charge in [-0.1, -0.05) is 43.3 Å². The van der Waals surface area contributed by atoms with E-state index in [2.05, 4.69) is 69.5 Å². The second kappa shape index (κ2) is 8.37. The van der Waals surface area contributed by atoms with E-state index in [0.717, 1.165) is 25.3 Å². The molecule has 2 heterocycles. The van der Waals surface area contributed by atoms with E-state index in [-0.39, 0.29) is 0 Å². The van der Waals surface area contributed by atoms with Crippen molar-refractivity contribution >= 4 is 18.0 Å². The first-order chi connectivity index (χ1) is 11.3. The second-order valence-corrected chi connectivity index (χ2v) is 7.01. The minimum absolute atomic E-state index is 0.705. The molecule has 0 radical (unpaired) electrons. The van der Waals surface area contributed by atoms with Crippen LogP contribution in [-0.2, 0) is 6.42 Å². The largest absolute Gasteiger partial charge is 0.284 e. The number of hydrogen-bond acceptors (Lipinski definition) is 3. The SMILES string of the molecule is CCc1cccc(NSN2CCCC(c3ccccc3)CC2)[nH+]1. The van der Waals surface area contributed by atoms with Crippen molar-refractivity contribution in [2.45, 2.75) is 38.5 Å². The van der Waals surface area contributed by atoms with Gasteiger partial charge in [0.2, 0.25) is 0 Å². The van der Waals surface area contributed by atoms with Gasteiger partial charge in [0, 0.05) is 25.6 Å². The first kappa shape index (κ1) is 16.3. The van der Waals surface area contributed by atoms with E-state index >= 15 is 0 Å². The quantitative estimate of drug-likeness (QED) is 0.830. The van der Waals surface area contributed by atoms with Gasteiger partial charge in [0.15, 0.2) is 0 Å². The lowest BCUT2D eigenvalue weighted by atomic mass is 9.92. The standard InChI is InChI=1S/C19H25N3S/c1-2-18-11-6-12-19(20-18)21-23-22-14-7-10-17(13-15-22)16-8-4-3-5-9-16/h3-6,8-9,11-12,17H,2,7,10,13-15H2,1H3,(H,20,21)/p+1. The highest BCUT2D eigenvalue weighted by Crippen LogP contribution is 2.29. The molecule has 1 unspecified atom stereocenters. The van der Waals surface area contributed by atoms with Crippen molar-refractivity contribution in [1.82, 2.24) is 4.31 Å². The predicted molar refractivity (Wildman–Crippen MR) is 98.2 cm³/mol. The summed E-state index contributed by atoms with van der Waals surface area (Å²) in [6, 6.07) is 17.3. The Kier molecular flexibility index (Phi) is 5.94. The number of anilines is 1. The molecular formula is C19H26N3S+. The number of pyridine rings is 1. The monoisotopic (exact) mass is 328 g/mol. The third-order valence-corrected chi connectivity index (χ3v) is 5.41. The summed E-state index contributed by atoms with van der Waals surface area (Å²) in [6.45, 7) is 4.44.